The molecule has 1 aromatic heterocycles. The Labute approximate surface area is 222 Å². The van der Waals surface area contributed by atoms with Crippen molar-refractivity contribution < 1.29 is 22.4 Å². The summed E-state index contributed by atoms with van der Waals surface area (Å²) in [4.78, 5) is 25.7. The van der Waals surface area contributed by atoms with Gasteiger partial charge in [0, 0.05) is 17.0 Å². The van der Waals surface area contributed by atoms with Crippen LogP contribution >= 0.6 is 0 Å². The molecule has 4 aromatic rings. The Morgan fingerprint density at radius 2 is 1.71 bits per heavy atom. The van der Waals surface area contributed by atoms with Crippen molar-refractivity contribution in [3.8, 4) is 5.75 Å². The average Bonchev–Trinajstić information content (AvgIpc) is 2.89. The first kappa shape index (κ1) is 27.3. The molecule has 7 nitrogen and oxygen atoms in total. The second-order valence-electron chi connectivity index (χ2n) is 9.36. The molecule has 1 heterocycles. The summed E-state index contributed by atoms with van der Waals surface area (Å²) in [5.41, 5.74) is 2.94. The molecule has 0 unspecified atom stereocenters. The van der Waals surface area contributed by atoms with Crippen LogP contribution in [0.4, 0.5) is 0 Å². The first-order valence-corrected chi connectivity index (χ1v) is 14.1. The minimum atomic E-state index is -4.01. The van der Waals surface area contributed by atoms with Crippen LogP contribution in [0.25, 0.3) is 11.0 Å². The number of aryl methyl sites for hydroxylation is 3. The van der Waals surface area contributed by atoms with Crippen LogP contribution < -0.4 is 15.1 Å². The monoisotopic (exact) mass is 533 g/mol. The Morgan fingerprint density at radius 3 is 2.39 bits per heavy atom. The lowest BCUT2D eigenvalue weighted by Crippen LogP contribution is -2.44. The summed E-state index contributed by atoms with van der Waals surface area (Å²) >= 11 is 0. The predicted octanol–water partition coefficient (Wildman–Crippen LogP) is 5.25. The molecule has 0 fully saturated rings. The van der Waals surface area contributed by atoms with Gasteiger partial charge in [0.25, 0.3) is 0 Å². The van der Waals surface area contributed by atoms with Gasteiger partial charge in [0.2, 0.25) is 10.0 Å². The van der Waals surface area contributed by atoms with Crippen molar-refractivity contribution in [1.82, 2.24) is 4.72 Å². The summed E-state index contributed by atoms with van der Waals surface area (Å²) in [6, 6.07) is 19.2. The molecule has 0 aliphatic heterocycles. The van der Waals surface area contributed by atoms with Crippen molar-refractivity contribution in [2.45, 2.75) is 57.4 Å². The smallest absolute Gasteiger partial charge is 0.336 e. The van der Waals surface area contributed by atoms with E-state index in [-0.39, 0.29) is 17.1 Å². The SMILES string of the molecule is CCCCc1cc(=O)oc2c(C)c(OC(=O)[C@H](Cc3ccccc3)NS(=O)(=O)c3ccc(C)cc3)ccc12. The maximum Gasteiger partial charge on any atom is 0.336 e. The lowest BCUT2D eigenvalue weighted by molar-refractivity contribution is -0.136. The van der Waals surface area contributed by atoms with Crippen LogP contribution in [-0.4, -0.2) is 20.4 Å². The molecule has 3 aromatic carbocycles. The molecule has 0 saturated heterocycles. The maximum atomic E-state index is 13.4. The minimum Gasteiger partial charge on any atom is -0.425 e. The van der Waals surface area contributed by atoms with E-state index < -0.39 is 27.7 Å². The molecule has 1 atom stereocenters. The summed E-state index contributed by atoms with van der Waals surface area (Å²) in [5, 5.41) is 0.788. The summed E-state index contributed by atoms with van der Waals surface area (Å²) in [7, 11) is -4.01. The molecular weight excluding hydrogens is 502 g/mol. The summed E-state index contributed by atoms with van der Waals surface area (Å²) in [5.74, 6) is -0.567. The number of fused-ring (bicyclic) bond motifs is 1. The van der Waals surface area contributed by atoms with E-state index in [1.165, 1.54) is 18.2 Å². The molecule has 0 aliphatic rings. The van der Waals surface area contributed by atoms with E-state index in [2.05, 4.69) is 11.6 Å². The number of carbonyl (C=O) groups excluding carboxylic acids is 1. The Kier molecular flexibility index (Phi) is 8.44. The quantitative estimate of drug-likeness (QED) is 0.170. The Hall–Kier alpha value is -3.75. The second kappa shape index (κ2) is 11.8. The Bertz CT molecular complexity index is 1590. The predicted molar refractivity (Wildman–Crippen MR) is 147 cm³/mol. The first-order valence-electron chi connectivity index (χ1n) is 12.6. The van der Waals surface area contributed by atoms with Gasteiger partial charge >= 0.3 is 11.6 Å². The molecule has 0 aliphatic carbocycles. The number of carbonyl (C=O) groups is 1. The largest absolute Gasteiger partial charge is 0.425 e. The molecule has 4 rings (SSSR count). The number of hydrogen-bond donors (Lipinski definition) is 1. The molecular formula is C30H31NO6S. The van der Waals surface area contributed by atoms with Gasteiger partial charge in [-0.05, 0) is 68.5 Å². The molecule has 198 valence electrons. The fourth-order valence-corrected chi connectivity index (χ4v) is 5.45. The van der Waals surface area contributed by atoms with E-state index in [0.29, 0.717) is 11.1 Å². The highest BCUT2D eigenvalue weighted by molar-refractivity contribution is 7.89. The number of sulfonamides is 1. The lowest BCUT2D eigenvalue weighted by Gasteiger charge is -2.19. The third-order valence-corrected chi connectivity index (χ3v) is 7.89. The zero-order chi connectivity index (χ0) is 27.3. The van der Waals surface area contributed by atoms with E-state index >= 15 is 0 Å². The van der Waals surface area contributed by atoms with Gasteiger partial charge in [-0.2, -0.15) is 4.72 Å². The zero-order valence-corrected chi connectivity index (χ0v) is 22.5. The van der Waals surface area contributed by atoms with Gasteiger partial charge in [0.05, 0.1) is 4.90 Å². The van der Waals surface area contributed by atoms with Crippen LogP contribution in [0.15, 0.2) is 86.9 Å². The van der Waals surface area contributed by atoms with Gasteiger partial charge in [-0.25, -0.2) is 18.0 Å². The lowest BCUT2D eigenvalue weighted by atomic mass is 10.0. The van der Waals surface area contributed by atoms with Gasteiger partial charge in [0.1, 0.15) is 17.4 Å². The average molecular weight is 534 g/mol. The van der Waals surface area contributed by atoms with E-state index in [4.69, 9.17) is 9.15 Å². The number of ether oxygens (including phenoxy) is 1. The highest BCUT2D eigenvalue weighted by Crippen LogP contribution is 2.29. The first-order chi connectivity index (χ1) is 18.2. The standard InChI is InChI=1S/C30H31NO6S/c1-4-5-11-23-19-28(32)37-29-21(3)27(17-16-25(23)29)36-30(33)26(18-22-9-7-6-8-10-22)31-38(34,35)24-14-12-20(2)13-15-24/h6-10,12-17,19,26,31H,4-5,11,18H2,1-3H3/t26-/m0/s1. The number of hydrogen-bond acceptors (Lipinski definition) is 6. The molecule has 0 spiro atoms. The van der Waals surface area contributed by atoms with Gasteiger partial charge in [-0.15, -0.1) is 0 Å². The normalized spacial score (nSPS) is 12.4. The third-order valence-electron chi connectivity index (χ3n) is 6.40. The third kappa shape index (κ3) is 6.38. The van der Waals surface area contributed by atoms with Crippen LogP contribution in [0.2, 0.25) is 0 Å². The molecule has 1 N–H and O–H groups in total. The Morgan fingerprint density at radius 1 is 1.00 bits per heavy atom. The number of benzene rings is 3. The number of esters is 1. The summed E-state index contributed by atoms with van der Waals surface area (Å²) < 4.78 is 40.0. The van der Waals surface area contributed by atoms with Crippen LogP contribution in [-0.2, 0) is 27.7 Å². The second-order valence-corrected chi connectivity index (χ2v) is 11.1. The fraction of sp³-hybridized carbons (Fsp3) is 0.267. The molecule has 0 bridgehead atoms. The summed E-state index contributed by atoms with van der Waals surface area (Å²) in [6.07, 6.45) is 2.74. The van der Waals surface area contributed by atoms with E-state index in [9.17, 15) is 18.0 Å². The van der Waals surface area contributed by atoms with E-state index in [1.54, 1.807) is 31.2 Å². The molecule has 8 heteroatoms. The number of nitrogens with one attached hydrogen (secondary N) is 1. The van der Waals surface area contributed by atoms with Gasteiger partial charge in [-0.1, -0.05) is 61.4 Å². The van der Waals surface area contributed by atoms with Gasteiger partial charge < -0.3 is 9.15 Å². The number of unbranched alkanes of at least 4 members (excludes halogenated alkanes) is 1. The van der Waals surface area contributed by atoms with Crippen LogP contribution in [0.1, 0.15) is 42.0 Å². The zero-order valence-electron chi connectivity index (χ0n) is 21.7. The van der Waals surface area contributed by atoms with Crippen LogP contribution in [0.3, 0.4) is 0 Å². The van der Waals surface area contributed by atoms with Crippen LogP contribution in [0, 0.1) is 13.8 Å². The van der Waals surface area contributed by atoms with Crippen LogP contribution in [0.5, 0.6) is 5.75 Å². The topological polar surface area (TPSA) is 103 Å². The number of rotatable bonds is 10. The van der Waals surface area contributed by atoms with E-state index in [1.807, 2.05) is 37.3 Å². The van der Waals surface area contributed by atoms with Crippen molar-refractivity contribution in [1.29, 1.82) is 0 Å². The van der Waals surface area contributed by atoms with Gasteiger partial charge in [-0.3, -0.25) is 0 Å². The molecule has 0 radical (unpaired) electrons. The van der Waals surface area contributed by atoms with Crippen molar-refractivity contribution in [3.63, 3.8) is 0 Å². The molecule has 0 saturated carbocycles. The van der Waals surface area contributed by atoms with Crippen molar-refractivity contribution in [2.75, 3.05) is 0 Å². The molecule has 38 heavy (non-hydrogen) atoms. The van der Waals surface area contributed by atoms with E-state index in [0.717, 1.165) is 41.3 Å². The summed E-state index contributed by atoms with van der Waals surface area (Å²) in [6.45, 7) is 5.65. The highest BCUT2D eigenvalue weighted by Gasteiger charge is 2.28. The fourth-order valence-electron chi connectivity index (χ4n) is 4.27. The molecule has 0 amide bonds. The maximum absolute atomic E-state index is 13.4. The minimum absolute atomic E-state index is 0.0530. The van der Waals surface area contributed by atoms with Gasteiger partial charge in [0.15, 0.2) is 0 Å². The Balaban J connectivity index is 1.66. The highest BCUT2D eigenvalue weighted by atomic mass is 32.2. The van der Waals surface area contributed by atoms with Crippen molar-refractivity contribution in [2.24, 2.45) is 0 Å². The van der Waals surface area contributed by atoms with Crippen molar-refractivity contribution in [3.05, 3.63) is 105 Å². The van der Waals surface area contributed by atoms with Crippen molar-refractivity contribution >= 4 is 27.0 Å².